The van der Waals surface area contributed by atoms with Crippen LogP contribution in [-0.4, -0.2) is 4.98 Å². The average molecular weight is 258 g/mol. The number of rotatable bonds is 1. The summed E-state index contributed by atoms with van der Waals surface area (Å²) in [6.07, 6.45) is 1.77. The highest BCUT2D eigenvalue weighted by Crippen LogP contribution is 2.28. The van der Waals surface area contributed by atoms with Crippen LogP contribution in [0.5, 0.6) is 0 Å². The second kappa shape index (κ2) is 3.55. The van der Waals surface area contributed by atoms with Crippen molar-refractivity contribution in [1.82, 2.24) is 4.98 Å². The van der Waals surface area contributed by atoms with Crippen LogP contribution in [0.3, 0.4) is 0 Å². The molecular formula is C9H5BrFNS. The fraction of sp³-hybridized carbons (Fsp3) is 0. The SMILES string of the molecule is Fc1ccc(-c2cnc(Br)s2)cc1. The Balaban J connectivity index is 2.41. The molecule has 0 radical (unpaired) electrons. The molecule has 0 saturated carbocycles. The molecule has 0 fully saturated rings. The summed E-state index contributed by atoms with van der Waals surface area (Å²) in [6.45, 7) is 0. The van der Waals surface area contributed by atoms with E-state index in [1.54, 1.807) is 18.3 Å². The summed E-state index contributed by atoms with van der Waals surface area (Å²) in [5, 5.41) is 0. The number of benzene rings is 1. The maximum atomic E-state index is 12.6. The standard InChI is InChI=1S/C9H5BrFNS/c10-9-12-5-8(13-9)6-1-3-7(11)4-2-6/h1-5H. The third kappa shape index (κ3) is 1.95. The molecule has 0 aliphatic carbocycles. The molecule has 1 aromatic carbocycles. The van der Waals surface area contributed by atoms with Gasteiger partial charge in [0.15, 0.2) is 3.92 Å². The van der Waals surface area contributed by atoms with Crippen LogP contribution in [0.25, 0.3) is 10.4 Å². The van der Waals surface area contributed by atoms with Gasteiger partial charge in [-0.1, -0.05) is 12.1 Å². The quantitative estimate of drug-likeness (QED) is 0.759. The minimum Gasteiger partial charge on any atom is -0.237 e. The van der Waals surface area contributed by atoms with Gasteiger partial charge in [-0.2, -0.15) is 0 Å². The van der Waals surface area contributed by atoms with E-state index in [1.165, 1.54) is 23.5 Å². The van der Waals surface area contributed by atoms with E-state index >= 15 is 0 Å². The van der Waals surface area contributed by atoms with Crippen LogP contribution in [0.15, 0.2) is 34.4 Å². The first-order valence-corrected chi connectivity index (χ1v) is 5.24. The molecule has 0 N–H and O–H groups in total. The molecule has 13 heavy (non-hydrogen) atoms. The van der Waals surface area contributed by atoms with Crippen LogP contribution < -0.4 is 0 Å². The summed E-state index contributed by atoms with van der Waals surface area (Å²) in [5.41, 5.74) is 0.990. The molecule has 0 spiro atoms. The van der Waals surface area contributed by atoms with Gasteiger partial charge in [-0.05, 0) is 33.6 Å². The Bertz CT molecular complexity index is 410. The molecule has 0 amide bonds. The van der Waals surface area contributed by atoms with Gasteiger partial charge in [0, 0.05) is 6.20 Å². The topological polar surface area (TPSA) is 12.9 Å². The van der Waals surface area contributed by atoms with E-state index in [4.69, 9.17) is 0 Å². The Kier molecular flexibility index (Phi) is 2.42. The molecule has 0 aliphatic rings. The van der Waals surface area contributed by atoms with Crippen molar-refractivity contribution in [2.45, 2.75) is 0 Å². The van der Waals surface area contributed by atoms with Crippen LogP contribution in [-0.2, 0) is 0 Å². The lowest BCUT2D eigenvalue weighted by Gasteiger charge is -1.94. The molecule has 2 rings (SSSR count). The van der Waals surface area contributed by atoms with Crippen molar-refractivity contribution in [2.24, 2.45) is 0 Å². The van der Waals surface area contributed by atoms with Gasteiger partial charge in [-0.25, -0.2) is 9.37 Å². The zero-order valence-corrected chi connectivity index (χ0v) is 8.90. The second-order valence-corrected chi connectivity index (χ2v) is 4.79. The normalized spacial score (nSPS) is 10.3. The molecule has 2 aromatic rings. The lowest BCUT2D eigenvalue weighted by Crippen LogP contribution is -1.73. The van der Waals surface area contributed by atoms with Crippen molar-refractivity contribution in [3.8, 4) is 10.4 Å². The molecule has 4 heteroatoms. The van der Waals surface area contributed by atoms with Crippen molar-refractivity contribution in [3.63, 3.8) is 0 Å². The third-order valence-corrected chi connectivity index (χ3v) is 3.13. The molecule has 0 saturated heterocycles. The molecule has 1 nitrogen and oxygen atoms in total. The van der Waals surface area contributed by atoms with Crippen LogP contribution in [0.4, 0.5) is 4.39 Å². The molecule has 1 aromatic heterocycles. The van der Waals surface area contributed by atoms with Gasteiger partial charge in [0.2, 0.25) is 0 Å². The summed E-state index contributed by atoms with van der Waals surface area (Å²) in [7, 11) is 0. The first kappa shape index (κ1) is 8.84. The Morgan fingerprint density at radius 1 is 1.23 bits per heavy atom. The van der Waals surface area contributed by atoms with Crippen molar-refractivity contribution in [1.29, 1.82) is 0 Å². The Labute approximate surface area is 87.4 Å². The van der Waals surface area contributed by atoms with E-state index in [0.29, 0.717) is 0 Å². The molecule has 0 atom stereocenters. The summed E-state index contributed by atoms with van der Waals surface area (Å²) in [6, 6.07) is 6.39. The van der Waals surface area contributed by atoms with Gasteiger partial charge in [-0.15, -0.1) is 11.3 Å². The average Bonchev–Trinajstić information content (AvgIpc) is 2.53. The zero-order valence-electron chi connectivity index (χ0n) is 6.50. The highest BCUT2D eigenvalue weighted by Gasteiger charge is 2.01. The second-order valence-electron chi connectivity index (χ2n) is 2.48. The van der Waals surface area contributed by atoms with Gasteiger partial charge in [-0.3, -0.25) is 0 Å². The van der Waals surface area contributed by atoms with Crippen LogP contribution in [0.2, 0.25) is 0 Å². The number of thiazole rings is 1. The van der Waals surface area contributed by atoms with Gasteiger partial charge >= 0.3 is 0 Å². The molecule has 66 valence electrons. The van der Waals surface area contributed by atoms with Crippen molar-refractivity contribution >= 4 is 27.3 Å². The number of nitrogens with zero attached hydrogens (tertiary/aromatic N) is 1. The maximum Gasteiger partial charge on any atom is 0.159 e. The first-order valence-electron chi connectivity index (χ1n) is 3.63. The fourth-order valence-corrected chi connectivity index (χ4v) is 2.27. The summed E-state index contributed by atoms with van der Waals surface area (Å²) >= 11 is 4.81. The van der Waals surface area contributed by atoms with E-state index in [-0.39, 0.29) is 5.82 Å². The van der Waals surface area contributed by atoms with Gasteiger partial charge in [0.1, 0.15) is 5.82 Å². The Morgan fingerprint density at radius 3 is 2.46 bits per heavy atom. The zero-order chi connectivity index (χ0) is 9.26. The van der Waals surface area contributed by atoms with Crippen LogP contribution in [0.1, 0.15) is 0 Å². The number of hydrogen-bond donors (Lipinski definition) is 0. The van der Waals surface area contributed by atoms with E-state index < -0.39 is 0 Å². The van der Waals surface area contributed by atoms with Crippen molar-refractivity contribution in [3.05, 3.63) is 40.2 Å². The summed E-state index contributed by atoms with van der Waals surface area (Å²) in [5.74, 6) is -0.215. The van der Waals surface area contributed by atoms with E-state index in [1.807, 2.05) is 0 Å². The Morgan fingerprint density at radius 2 is 1.92 bits per heavy atom. The highest BCUT2D eigenvalue weighted by molar-refractivity contribution is 9.11. The molecule has 0 aliphatic heterocycles. The Hall–Kier alpha value is -0.740. The first-order chi connectivity index (χ1) is 6.25. The monoisotopic (exact) mass is 257 g/mol. The minimum absolute atomic E-state index is 0.215. The van der Waals surface area contributed by atoms with Gasteiger partial charge < -0.3 is 0 Å². The fourth-order valence-electron chi connectivity index (χ4n) is 1.00. The summed E-state index contributed by atoms with van der Waals surface area (Å²) < 4.78 is 13.4. The van der Waals surface area contributed by atoms with E-state index in [9.17, 15) is 4.39 Å². The lowest BCUT2D eigenvalue weighted by atomic mass is 10.2. The van der Waals surface area contributed by atoms with Gasteiger partial charge in [0.25, 0.3) is 0 Å². The van der Waals surface area contributed by atoms with Crippen LogP contribution >= 0.6 is 27.3 Å². The molecule has 0 unspecified atom stereocenters. The molecule has 1 heterocycles. The maximum absolute atomic E-state index is 12.6. The largest absolute Gasteiger partial charge is 0.237 e. The number of halogens is 2. The van der Waals surface area contributed by atoms with E-state index in [0.717, 1.165) is 14.4 Å². The van der Waals surface area contributed by atoms with Gasteiger partial charge in [0.05, 0.1) is 4.88 Å². The lowest BCUT2D eigenvalue weighted by molar-refractivity contribution is 0.628. The van der Waals surface area contributed by atoms with Crippen molar-refractivity contribution in [2.75, 3.05) is 0 Å². The summed E-state index contributed by atoms with van der Waals surface area (Å²) in [4.78, 5) is 5.09. The predicted molar refractivity (Wildman–Crippen MR) is 55.2 cm³/mol. The van der Waals surface area contributed by atoms with Crippen LogP contribution in [0, 0.1) is 5.82 Å². The number of aromatic nitrogens is 1. The predicted octanol–water partition coefficient (Wildman–Crippen LogP) is 3.71. The van der Waals surface area contributed by atoms with Crippen molar-refractivity contribution < 1.29 is 4.39 Å². The minimum atomic E-state index is -0.215. The highest BCUT2D eigenvalue weighted by atomic mass is 79.9. The van der Waals surface area contributed by atoms with E-state index in [2.05, 4.69) is 20.9 Å². The molecule has 0 bridgehead atoms. The number of hydrogen-bond acceptors (Lipinski definition) is 2. The third-order valence-electron chi connectivity index (χ3n) is 1.61. The molecular weight excluding hydrogens is 253 g/mol. The smallest absolute Gasteiger partial charge is 0.159 e.